The number of nitrogens with one attached hydrogen (secondary N) is 1. The van der Waals surface area contributed by atoms with Gasteiger partial charge in [0.05, 0.1) is 10.7 Å². The number of benzene rings is 2. The van der Waals surface area contributed by atoms with Gasteiger partial charge in [0.25, 0.3) is 5.95 Å². The topological polar surface area (TPSA) is 68.5 Å². The van der Waals surface area contributed by atoms with Gasteiger partial charge in [-0.05, 0) is 30.3 Å². The van der Waals surface area contributed by atoms with E-state index in [4.69, 9.17) is 27.9 Å². The highest BCUT2D eigenvalue weighted by Crippen LogP contribution is 2.33. The van der Waals surface area contributed by atoms with E-state index in [0.717, 1.165) is 11.3 Å². The summed E-state index contributed by atoms with van der Waals surface area (Å²) < 4.78 is 6.76. The molecule has 1 amide bonds. The van der Waals surface area contributed by atoms with Gasteiger partial charge in [0.2, 0.25) is 4.96 Å². The Balaban J connectivity index is 1.60. The SMILES string of the molecule is O=C(Nc1nc2scc(-c3cc(Cl)ccc3Cl)n2n1)Oc1ccccc1. The fourth-order valence-electron chi connectivity index (χ4n) is 2.33. The van der Waals surface area contributed by atoms with Crippen LogP contribution in [-0.2, 0) is 0 Å². The molecule has 6 nitrogen and oxygen atoms in total. The summed E-state index contributed by atoms with van der Waals surface area (Å²) in [6.07, 6.45) is -0.670. The van der Waals surface area contributed by atoms with Crippen LogP contribution in [0.4, 0.5) is 10.7 Å². The third-order valence-corrected chi connectivity index (χ3v) is 4.83. The van der Waals surface area contributed by atoms with Gasteiger partial charge in [-0.2, -0.15) is 4.98 Å². The van der Waals surface area contributed by atoms with Crippen LogP contribution in [0.3, 0.4) is 0 Å². The van der Waals surface area contributed by atoms with Gasteiger partial charge in [0.15, 0.2) is 0 Å². The molecular formula is C17H10Cl2N4O2S. The van der Waals surface area contributed by atoms with Gasteiger partial charge in [-0.3, -0.25) is 5.32 Å². The summed E-state index contributed by atoms with van der Waals surface area (Å²) in [6.45, 7) is 0. The smallest absolute Gasteiger partial charge is 0.410 e. The van der Waals surface area contributed by atoms with Crippen molar-refractivity contribution in [1.29, 1.82) is 0 Å². The van der Waals surface area contributed by atoms with E-state index in [1.54, 1.807) is 47.0 Å². The Morgan fingerprint density at radius 1 is 1.15 bits per heavy atom. The number of hydrogen-bond acceptors (Lipinski definition) is 5. The molecule has 0 aliphatic heterocycles. The number of amides is 1. The van der Waals surface area contributed by atoms with E-state index in [1.165, 1.54) is 11.3 Å². The number of carbonyl (C=O) groups is 1. The average molecular weight is 405 g/mol. The number of rotatable bonds is 3. The molecule has 2 aromatic carbocycles. The van der Waals surface area contributed by atoms with E-state index in [1.807, 2.05) is 11.4 Å². The second kappa shape index (κ2) is 6.95. The molecule has 0 unspecified atom stereocenters. The van der Waals surface area contributed by atoms with Crippen molar-refractivity contribution in [3.05, 3.63) is 64.0 Å². The fraction of sp³-hybridized carbons (Fsp3) is 0. The normalized spacial score (nSPS) is 10.8. The summed E-state index contributed by atoms with van der Waals surface area (Å²) >= 11 is 13.7. The van der Waals surface area contributed by atoms with Crippen molar-refractivity contribution in [2.24, 2.45) is 0 Å². The summed E-state index contributed by atoms with van der Waals surface area (Å²) in [5.74, 6) is 0.564. The predicted octanol–water partition coefficient (Wildman–Crippen LogP) is 5.38. The maximum absolute atomic E-state index is 12.0. The molecule has 4 rings (SSSR count). The van der Waals surface area contributed by atoms with E-state index in [-0.39, 0.29) is 5.95 Å². The standard InChI is InChI=1S/C17H10Cl2N4O2S/c18-10-6-7-13(19)12(8-10)14-9-26-16-20-15(22-23(14)16)21-17(24)25-11-4-2-1-3-5-11/h1-9H,(H,21,22,24). The highest BCUT2D eigenvalue weighted by Gasteiger charge is 2.16. The van der Waals surface area contributed by atoms with E-state index < -0.39 is 6.09 Å². The van der Waals surface area contributed by atoms with E-state index in [9.17, 15) is 4.79 Å². The fourth-order valence-corrected chi connectivity index (χ4v) is 3.53. The van der Waals surface area contributed by atoms with Crippen LogP contribution in [0.25, 0.3) is 16.2 Å². The number of para-hydroxylation sites is 1. The number of halogens is 2. The molecule has 2 heterocycles. The van der Waals surface area contributed by atoms with Crippen molar-refractivity contribution in [3.8, 4) is 17.0 Å². The van der Waals surface area contributed by atoms with Gasteiger partial charge in [0.1, 0.15) is 5.75 Å². The van der Waals surface area contributed by atoms with Gasteiger partial charge in [-0.15, -0.1) is 16.4 Å². The van der Waals surface area contributed by atoms with E-state index >= 15 is 0 Å². The molecule has 4 aromatic rings. The summed E-state index contributed by atoms with van der Waals surface area (Å²) in [4.78, 5) is 16.9. The summed E-state index contributed by atoms with van der Waals surface area (Å²) in [5, 5.41) is 9.80. The van der Waals surface area contributed by atoms with Gasteiger partial charge in [-0.25, -0.2) is 9.31 Å². The average Bonchev–Trinajstić information content (AvgIpc) is 3.18. The Morgan fingerprint density at radius 3 is 2.77 bits per heavy atom. The Morgan fingerprint density at radius 2 is 1.96 bits per heavy atom. The van der Waals surface area contributed by atoms with Crippen molar-refractivity contribution in [3.63, 3.8) is 0 Å². The molecule has 0 spiro atoms. The highest BCUT2D eigenvalue weighted by atomic mass is 35.5. The molecule has 0 saturated carbocycles. The third-order valence-electron chi connectivity index (χ3n) is 3.45. The molecule has 0 radical (unpaired) electrons. The molecule has 0 bridgehead atoms. The number of anilines is 1. The quantitative estimate of drug-likeness (QED) is 0.497. The van der Waals surface area contributed by atoms with Crippen molar-refractivity contribution in [2.75, 3.05) is 5.32 Å². The van der Waals surface area contributed by atoms with Crippen LogP contribution < -0.4 is 10.1 Å². The van der Waals surface area contributed by atoms with E-state index in [0.29, 0.717) is 20.8 Å². The number of fused-ring (bicyclic) bond motifs is 1. The molecule has 0 saturated heterocycles. The molecule has 2 aromatic heterocycles. The predicted molar refractivity (Wildman–Crippen MR) is 102 cm³/mol. The molecule has 0 fully saturated rings. The Kier molecular flexibility index (Phi) is 4.50. The van der Waals surface area contributed by atoms with Crippen molar-refractivity contribution >= 4 is 51.5 Å². The number of thiazole rings is 1. The second-order valence-electron chi connectivity index (χ2n) is 5.20. The lowest BCUT2D eigenvalue weighted by molar-refractivity contribution is 0.215. The zero-order chi connectivity index (χ0) is 18.1. The monoisotopic (exact) mass is 404 g/mol. The highest BCUT2D eigenvalue weighted by molar-refractivity contribution is 7.15. The Hall–Kier alpha value is -2.61. The zero-order valence-corrected chi connectivity index (χ0v) is 15.3. The summed E-state index contributed by atoms with van der Waals surface area (Å²) in [7, 11) is 0. The van der Waals surface area contributed by atoms with Crippen LogP contribution in [0.15, 0.2) is 53.9 Å². The number of nitrogens with zero attached hydrogens (tertiary/aromatic N) is 3. The Labute approximate surface area is 162 Å². The first-order valence-corrected chi connectivity index (χ1v) is 9.07. The lowest BCUT2D eigenvalue weighted by Crippen LogP contribution is -2.17. The first-order valence-electron chi connectivity index (χ1n) is 7.44. The third kappa shape index (κ3) is 3.37. The van der Waals surface area contributed by atoms with Gasteiger partial charge < -0.3 is 4.74 Å². The van der Waals surface area contributed by atoms with Crippen LogP contribution in [-0.4, -0.2) is 20.7 Å². The maximum Gasteiger partial charge on any atom is 0.419 e. The maximum atomic E-state index is 12.0. The molecule has 0 aliphatic carbocycles. The lowest BCUT2D eigenvalue weighted by atomic mass is 10.2. The van der Waals surface area contributed by atoms with Crippen LogP contribution in [0.5, 0.6) is 5.75 Å². The molecular weight excluding hydrogens is 395 g/mol. The van der Waals surface area contributed by atoms with Crippen LogP contribution in [0.2, 0.25) is 10.0 Å². The van der Waals surface area contributed by atoms with Crippen LogP contribution in [0, 0.1) is 0 Å². The van der Waals surface area contributed by atoms with Crippen LogP contribution in [0.1, 0.15) is 0 Å². The van der Waals surface area contributed by atoms with Crippen LogP contribution >= 0.6 is 34.5 Å². The minimum Gasteiger partial charge on any atom is -0.410 e. The number of aromatic nitrogens is 3. The molecule has 26 heavy (non-hydrogen) atoms. The summed E-state index contributed by atoms with van der Waals surface area (Å²) in [5.41, 5.74) is 1.46. The zero-order valence-electron chi connectivity index (χ0n) is 13.0. The van der Waals surface area contributed by atoms with Crippen molar-refractivity contribution in [2.45, 2.75) is 0 Å². The lowest BCUT2D eigenvalue weighted by Gasteiger charge is -2.04. The first kappa shape index (κ1) is 16.8. The summed E-state index contributed by atoms with van der Waals surface area (Å²) in [6, 6.07) is 13.9. The Bertz CT molecular complexity index is 1090. The van der Waals surface area contributed by atoms with Crippen molar-refractivity contribution < 1.29 is 9.53 Å². The molecule has 9 heteroatoms. The largest absolute Gasteiger partial charge is 0.419 e. The molecule has 0 aliphatic rings. The number of carbonyl (C=O) groups excluding carboxylic acids is 1. The molecule has 1 N–H and O–H groups in total. The first-order chi connectivity index (χ1) is 12.6. The molecule has 0 atom stereocenters. The minimum absolute atomic E-state index is 0.136. The van der Waals surface area contributed by atoms with Gasteiger partial charge in [-0.1, -0.05) is 41.4 Å². The number of ether oxygens (including phenoxy) is 1. The van der Waals surface area contributed by atoms with Gasteiger partial charge >= 0.3 is 6.09 Å². The van der Waals surface area contributed by atoms with Crippen molar-refractivity contribution in [1.82, 2.24) is 14.6 Å². The minimum atomic E-state index is -0.670. The molecule has 130 valence electrons. The number of hydrogen-bond donors (Lipinski definition) is 1. The van der Waals surface area contributed by atoms with Gasteiger partial charge in [0, 0.05) is 16.0 Å². The van der Waals surface area contributed by atoms with E-state index in [2.05, 4.69) is 15.4 Å². The second-order valence-corrected chi connectivity index (χ2v) is 6.88.